The van der Waals surface area contributed by atoms with Gasteiger partial charge in [0.2, 0.25) is 0 Å². The molecule has 1 heterocycles. The summed E-state index contributed by atoms with van der Waals surface area (Å²) in [6.07, 6.45) is 8.21. The van der Waals surface area contributed by atoms with E-state index in [-0.39, 0.29) is 9.73 Å². The minimum absolute atomic E-state index is 0.0762. The molecule has 0 amide bonds. The van der Waals surface area contributed by atoms with Crippen molar-refractivity contribution < 1.29 is 19.7 Å². The van der Waals surface area contributed by atoms with Gasteiger partial charge >= 0.3 is 174 Å². The predicted molar refractivity (Wildman–Crippen MR) is 114 cm³/mol. The first-order valence-corrected chi connectivity index (χ1v) is 21.8. The molecule has 2 aromatic rings. The Hall–Kier alpha value is -0.247. The molecule has 0 saturated carbocycles. The Morgan fingerprint density at radius 2 is 1.77 bits per heavy atom. The quantitative estimate of drug-likeness (QED) is 0.418. The van der Waals surface area contributed by atoms with Gasteiger partial charge in [-0.05, 0) is 0 Å². The van der Waals surface area contributed by atoms with Gasteiger partial charge in [0.15, 0.2) is 0 Å². The molecule has 2 atom stereocenters. The number of hydrogen-bond donors (Lipinski definition) is 1. The molecular formula is C20H14BrCl2OSZr. The van der Waals surface area contributed by atoms with Gasteiger partial charge in [-0.1, -0.05) is 0 Å². The summed E-state index contributed by atoms with van der Waals surface area (Å²) in [7, 11) is 19.8. The van der Waals surface area contributed by atoms with Crippen molar-refractivity contribution in [2.45, 2.75) is 9.73 Å². The first kappa shape index (κ1) is 17.8. The van der Waals surface area contributed by atoms with E-state index in [4.69, 9.17) is 31.1 Å². The van der Waals surface area contributed by atoms with Crippen molar-refractivity contribution in [2.24, 2.45) is 0 Å². The van der Waals surface area contributed by atoms with Crippen molar-refractivity contribution in [3.05, 3.63) is 87.1 Å². The zero-order valence-electron chi connectivity index (χ0n) is 13.5. The standard InChI is InChI=1S/C11H6BrO.C9H7.2ClH.H2S.Zr/c12-10-6-8-5-7-3-1-2-4-9(7)11(8)13-10;1-2-5-9-7-3-6-8(9)4-1;;;;/h1-3,5-6,11H;1-7H;2*1H;1H2;/q;;;;;+3/p-3. The maximum atomic E-state index is 7.34. The Kier molecular flexibility index (Phi) is 4.03. The fourth-order valence-corrected chi connectivity index (χ4v) is 18.0. The number of hydrogen-bond acceptors (Lipinski definition) is 2. The summed E-state index contributed by atoms with van der Waals surface area (Å²) in [5, 5.41) is 0. The third-order valence-corrected chi connectivity index (χ3v) is 21.3. The normalized spacial score (nSPS) is 24.1. The van der Waals surface area contributed by atoms with E-state index in [1.807, 2.05) is 30.3 Å². The Bertz CT molecular complexity index is 1050. The third-order valence-electron chi connectivity index (χ3n) is 5.35. The molecule has 6 heteroatoms. The summed E-state index contributed by atoms with van der Waals surface area (Å²) in [5.74, 6) is 0. The Balaban J connectivity index is 1.69. The van der Waals surface area contributed by atoms with Crippen LogP contribution in [0.1, 0.15) is 32.0 Å². The van der Waals surface area contributed by atoms with Crippen LogP contribution in [0.5, 0.6) is 0 Å². The summed E-state index contributed by atoms with van der Waals surface area (Å²) in [6.45, 7) is 0. The molecule has 0 spiro atoms. The Morgan fingerprint density at radius 1 is 1.00 bits per heavy atom. The van der Waals surface area contributed by atoms with Gasteiger partial charge in [-0.25, -0.2) is 0 Å². The van der Waals surface area contributed by atoms with Crippen LogP contribution in [0.2, 0.25) is 0 Å². The van der Waals surface area contributed by atoms with Crippen LogP contribution in [0.4, 0.5) is 0 Å². The van der Waals surface area contributed by atoms with Crippen molar-refractivity contribution in [3.63, 3.8) is 0 Å². The molecule has 1 nitrogen and oxygen atoms in total. The number of allylic oxidation sites excluding steroid dienone is 1. The number of ether oxygens (including phenoxy) is 1. The summed E-state index contributed by atoms with van der Waals surface area (Å²) in [5.41, 5.74) is 5.63. The van der Waals surface area contributed by atoms with Crippen molar-refractivity contribution in [3.8, 4) is 0 Å². The molecule has 131 valence electrons. The van der Waals surface area contributed by atoms with Gasteiger partial charge in [0, 0.05) is 0 Å². The minimum atomic E-state index is -4.71. The van der Waals surface area contributed by atoms with Gasteiger partial charge in [-0.3, -0.25) is 0 Å². The van der Waals surface area contributed by atoms with E-state index >= 15 is 0 Å². The second-order valence-corrected chi connectivity index (χ2v) is 34.7. The van der Waals surface area contributed by atoms with E-state index < -0.39 is 14.9 Å². The van der Waals surface area contributed by atoms with E-state index in [9.17, 15) is 0 Å². The van der Waals surface area contributed by atoms with Crippen LogP contribution in [0.15, 0.2) is 64.9 Å². The van der Waals surface area contributed by atoms with Crippen LogP contribution < -0.4 is 3.27 Å². The Morgan fingerprint density at radius 3 is 2.62 bits per heavy atom. The van der Waals surface area contributed by atoms with Gasteiger partial charge < -0.3 is 0 Å². The summed E-state index contributed by atoms with van der Waals surface area (Å²) >= 11 is -1.27. The van der Waals surface area contributed by atoms with Crippen molar-refractivity contribution in [2.75, 3.05) is 0 Å². The van der Waals surface area contributed by atoms with Crippen LogP contribution in [0.3, 0.4) is 0 Å². The number of benzene rings is 2. The summed E-state index contributed by atoms with van der Waals surface area (Å²) < 4.78 is 7.62. The van der Waals surface area contributed by atoms with Gasteiger partial charge in [-0.15, -0.1) is 0 Å². The van der Waals surface area contributed by atoms with Crippen LogP contribution in [-0.4, -0.2) is 0 Å². The van der Waals surface area contributed by atoms with Gasteiger partial charge in [0.25, 0.3) is 0 Å². The predicted octanol–water partition coefficient (Wildman–Crippen LogP) is 6.63. The molecule has 2 unspecified atom stereocenters. The summed E-state index contributed by atoms with van der Waals surface area (Å²) in [6, 6.07) is 14.4. The van der Waals surface area contributed by atoms with Crippen molar-refractivity contribution in [1.82, 2.24) is 0 Å². The van der Waals surface area contributed by atoms with E-state index in [1.54, 1.807) is 0 Å². The second-order valence-electron chi connectivity index (χ2n) is 6.90. The molecule has 3 aliphatic rings. The van der Waals surface area contributed by atoms with Crippen molar-refractivity contribution in [1.29, 1.82) is 0 Å². The molecule has 0 aromatic heterocycles. The molecule has 5 rings (SSSR count). The first-order chi connectivity index (χ1) is 12.3. The second kappa shape index (κ2) is 5.88. The fraction of sp³-hybridized carbons (Fsp3) is 0.100. The molecule has 1 aliphatic heterocycles. The zero-order chi connectivity index (χ0) is 18.1. The van der Waals surface area contributed by atoms with Gasteiger partial charge in [-0.2, -0.15) is 0 Å². The SMILES string of the molecule is [SH][Zr]([Cl])([Cl])([c]1cccc2c1C1OC(Br)=CC1=C2)[CH]1C=Cc2ccccc21. The molecular weight excluding hydrogens is 530 g/mol. The van der Waals surface area contributed by atoms with E-state index in [0.29, 0.717) is 0 Å². The third kappa shape index (κ3) is 2.53. The molecule has 0 fully saturated rings. The molecule has 0 radical (unpaired) electrons. The van der Waals surface area contributed by atoms with Crippen LogP contribution >= 0.6 is 42.3 Å². The first-order valence-electron chi connectivity index (χ1n) is 8.32. The topological polar surface area (TPSA) is 9.23 Å². The average molecular weight is 544 g/mol. The molecule has 26 heavy (non-hydrogen) atoms. The molecule has 0 N–H and O–H groups in total. The van der Waals surface area contributed by atoms with E-state index in [2.05, 4.69) is 52.4 Å². The van der Waals surface area contributed by atoms with Crippen molar-refractivity contribution >= 4 is 57.8 Å². The number of thiol groups is 1. The molecule has 2 aromatic carbocycles. The van der Waals surface area contributed by atoms with Crippen LogP contribution in [-0.2, 0) is 19.7 Å². The zero-order valence-corrected chi connectivity index (χ0v) is 19.9. The van der Waals surface area contributed by atoms with Crippen LogP contribution in [0.25, 0.3) is 12.2 Å². The number of fused-ring (bicyclic) bond motifs is 4. The molecule has 0 bridgehead atoms. The number of rotatable bonds is 2. The molecule has 0 saturated heterocycles. The maximum absolute atomic E-state index is 7.34. The van der Waals surface area contributed by atoms with Crippen LogP contribution in [0, 0.1) is 0 Å². The number of halogens is 3. The molecule has 2 aliphatic carbocycles. The average Bonchev–Trinajstić information content (AvgIpc) is 3.25. The van der Waals surface area contributed by atoms with E-state index in [0.717, 1.165) is 30.2 Å². The Labute approximate surface area is 172 Å². The monoisotopic (exact) mass is 541 g/mol. The van der Waals surface area contributed by atoms with Gasteiger partial charge in [0.1, 0.15) is 0 Å². The van der Waals surface area contributed by atoms with E-state index in [1.165, 1.54) is 5.56 Å². The van der Waals surface area contributed by atoms with Gasteiger partial charge in [0.05, 0.1) is 0 Å². The summed E-state index contributed by atoms with van der Waals surface area (Å²) in [4.78, 5) is 0. The fourth-order valence-electron chi connectivity index (χ4n) is 4.18.